The fourth-order valence-corrected chi connectivity index (χ4v) is 9.05. The molecular weight excluding hydrogens is 677 g/mol. The van der Waals surface area contributed by atoms with Gasteiger partial charge in [0.25, 0.3) is 0 Å². The van der Waals surface area contributed by atoms with E-state index >= 15 is 0 Å². The average molecular weight is 707 g/mol. The first-order chi connectivity index (χ1) is 26.8. The summed E-state index contributed by atoms with van der Waals surface area (Å²) in [6.45, 7) is 0. The Hall–Kier alpha value is -6.95. The molecule has 0 bridgehead atoms. The molecule has 0 aliphatic carbocycles. The standard InChI is InChI=1S/C49H30N4S/c1-3-14-32(15-4-1)47-50-48(33-16-5-2-6-17-33)52-49(51-47)38-21-12-24-45-46(38)40-30-35(26-28-44(40)54-45)34-25-27-43-39(29-34)37-20-9-10-22-42(37)53(43)41-23-11-18-31-13-7-8-19-36(31)41/h1-30H. The van der Waals surface area contributed by atoms with Gasteiger partial charge in [0.2, 0.25) is 0 Å². The molecule has 3 heterocycles. The van der Waals surface area contributed by atoms with E-state index in [-0.39, 0.29) is 0 Å². The highest BCUT2D eigenvalue weighted by atomic mass is 32.1. The molecule has 0 N–H and O–H groups in total. The van der Waals surface area contributed by atoms with Gasteiger partial charge in [0.1, 0.15) is 0 Å². The molecule has 54 heavy (non-hydrogen) atoms. The molecule has 0 saturated heterocycles. The molecule has 0 amide bonds. The number of rotatable bonds is 5. The van der Waals surface area contributed by atoms with Gasteiger partial charge >= 0.3 is 0 Å². The van der Waals surface area contributed by atoms with Crippen LogP contribution < -0.4 is 0 Å². The lowest BCUT2D eigenvalue weighted by molar-refractivity contribution is 1.08. The molecule has 252 valence electrons. The van der Waals surface area contributed by atoms with Gasteiger partial charge in [-0.25, -0.2) is 15.0 Å². The van der Waals surface area contributed by atoms with E-state index in [4.69, 9.17) is 15.0 Å². The van der Waals surface area contributed by atoms with Gasteiger partial charge in [-0.15, -0.1) is 11.3 Å². The number of hydrogen-bond donors (Lipinski definition) is 0. The topological polar surface area (TPSA) is 43.6 Å². The van der Waals surface area contributed by atoms with Crippen molar-refractivity contribution in [2.75, 3.05) is 0 Å². The zero-order chi connectivity index (χ0) is 35.6. The monoisotopic (exact) mass is 706 g/mol. The summed E-state index contributed by atoms with van der Waals surface area (Å²) >= 11 is 1.81. The first kappa shape index (κ1) is 30.7. The number of nitrogens with zero attached hydrogens (tertiary/aromatic N) is 4. The van der Waals surface area contributed by atoms with E-state index in [9.17, 15) is 0 Å². The Bertz CT molecular complexity index is 3150. The van der Waals surface area contributed by atoms with Gasteiger partial charge in [-0.2, -0.15) is 0 Å². The lowest BCUT2D eigenvalue weighted by atomic mass is 9.99. The van der Waals surface area contributed by atoms with Gasteiger partial charge < -0.3 is 4.57 Å². The van der Waals surface area contributed by atoms with Gasteiger partial charge in [-0.1, -0.05) is 140 Å². The van der Waals surface area contributed by atoms with Crippen molar-refractivity contribution in [2.45, 2.75) is 0 Å². The molecule has 0 fully saturated rings. The Kier molecular flexibility index (Phi) is 7.00. The highest BCUT2D eigenvalue weighted by Crippen LogP contribution is 2.42. The second-order valence-electron chi connectivity index (χ2n) is 13.6. The molecule has 4 nitrogen and oxygen atoms in total. The summed E-state index contributed by atoms with van der Waals surface area (Å²) in [5.41, 5.74) is 8.86. The fourth-order valence-electron chi connectivity index (χ4n) is 7.94. The van der Waals surface area contributed by atoms with Crippen molar-refractivity contribution in [3.63, 3.8) is 0 Å². The summed E-state index contributed by atoms with van der Waals surface area (Å²) in [7, 11) is 0. The Morgan fingerprint density at radius 1 is 0.370 bits per heavy atom. The quantitative estimate of drug-likeness (QED) is 0.179. The van der Waals surface area contributed by atoms with Crippen LogP contribution in [0.4, 0.5) is 0 Å². The molecule has 0 spiro atoms. The van der Waals surface area contributed by atoms with Crippen LogP contribution in [-0.2, 0) is 0 Å². The zero-order valence-corrected chi connectivity index (χ0v) is 29.8. The van der Waals surface area contributed by atoms with Gasteiger partial charge in [-0.05, 0) is 59.0 Å². The summed E-state index contributed by atoms with van der Waals surface area (Å²) < 4.78 is 4.85. The lowest BCUT2D eigenvalue weighted by Crippen LogP contribution is -2.00. The van der Waals surface area contributed by atoms with Crippen molar-refractivity contribution in [3.05, 3.63) is 182 Å². The van der Waals surface area contributed by atoms with E-state index in [2.05, 4.69) is 150 Å². The third-order valence-electron chi connectivity index (χ3n) is 10.4. The Morgan fingerprint density at radius 2 is 0.963 bits per heavy atom. The van der Waals surface area contributed by atoms with E-state index in [0.29, 0.717) is 17.5 Å². The number of aromatic nitrogens is 4. The SMILES string of the molecule is c1ccc(-c2nc(-c3ccccc3)nc(-c3cccc4sc5ccc(-c6ccc7c(c6)c6ccccc6n7-c6cccc7ccccc67)cc5c34)n2)cc1. The van der Waals surface area contributed by atoms with E-state index in [1.165, 1.54) is 64.2 Å². The molecule has 0 radical (unpaired) electrons. The predicted octanol–water partition coefficient (Wildman–Crippen LogP) is 13.2. The Morgan fingerprint density at radius 3 is 1.74 bits per heavy atom. The normalized spacial score (nSPS) is 11.7. The fraction of sp³-hybridized carbons (Fsp3) is 0. The first-order valence-corrected chi connectivity index (χ1v) is 18.9. The second-order valence-corrected chi connectivity index (χ2v) is 14.7. The zero-order valence-electron chi connectivity index (χ0n) is 29.0. The molecule has 0 saturated carbocycles. The maximum Gasteiger partial charge on any atom is 0.164 e. The molecule has 0 unspecified atom stereocenters. The van der Waals surface area contributed by atoms with Crippen molar-refractivity contribution >= 4 is 64.1 Å². The smallest absolute Gasteiger partial charge is 0.164 e. The Labute approximate surface area is 315 Å². The molecule has 3 aromatic heterocycles. The highest BCUT2D eigenvalue weighted by molar-refractivity contribution is 7.26. The van der Waals surface area contributed by atoms with Crippen LogP contribution in [0.2, 0.25) is 0 Å². The second kappa shape index (κ2) is 12.3. The molecule has 11 rings (SSSR count). The maximum absolute atomic E-state index is 5.11. The predicted molar refractivity (Wildman–Crippen MR) is 226 cm³/mol. The van der Waals surface area contributed by atoms with Crippen molar-refractivity contribution in [2.24, 2.45) is 0 Å². The summed E-state index contributed by atoms with van der Waals surface area (Å²) in [6, 6.07) is 64.5. The first-order valence-electron chi connectivity index (χ1n) is 18.1. The molecule has 11 aromatic rings. The highest BCUT2D eigenvalue weighted by Gasteiger charge is 2.19. The third-order valence-corrected chi connectivity index (χ3v) is 11.6. The van der Waals surface area contributed by atoms with Crippen molar-refractivity contribution < 1.29 is 0 Å². The molecule has 5 heteroatoms. The van der Waals surface area contributed by atoms with Crippen LogP contribution in [0.1, 0.15) is 0 Å². The van der Waals surface area contributed by atoms with E-state index in [1.54, 1.807) is 0 Å². The summed E-state index contributed by atoms with van der Waals surface area (Å²) in [5.74, 6) is 1.99. The minimum absolute atomic E-state index is 0.660. The lowest BCUT2D eigenvalue weighted by Gasteiger charge is -2.12. The van der Waals surface area contributed by atoms with Crippen LogP contribution in [-0.4, -0.2) is 19.5 Å². The molecule has 0 aliphatic rings. The number of thiophene rings is 1. The molecular formula is C49H30N4S. The maximum atomic E-state index is 5.11. The van der Waals surface area contributed by atoms with Crippen LogP contribution in [0.3, 0.4) is 0 Å². The molecule has 0 atom stereocenters. The minimum atomic E-state index is 0.660. The van der Waals surface area contributed by atoms with Gasteiger partial charge in [-0.3, -0.25) is 0 Å². The summed E-state index contributed by atoms with van der Waals surface area (Å²) in [6.07, 6.45) is 0. The van der Waals surface area contributed by atoms with Gasteiger partial charge in [0.15, 0.2) is 17.5 Å². The average Bonchev–Trinajstić information content (AvgIpc) is 3.79. The minimum Gasteiger partial charge on any atom is -0.309 e. The van der Waals surface area contributed by atoms with E-state index < -0.39 is 0 Å². The van der Waals surface area contributed by atoms with Crippen LogP contribution in [0.25, 0.3) is 104 Å². The van der Waals surface area contributed by atoms with Crippen molar-refractivity contribution in [1.29, 1.82) is 0 Å². The number of para-hydroxylation sites is 1. The van der Waals surface area contributed by atoms with Crippen LogP contribution in [0, 0.1) is 0 Å². The largest absolute Gasteiger partial charge is 0.309 e. The van der Waals surface area contributed by atoms with E-state index in [1.807, 2.05) is 47.7 Å². The van der Waals surface area contributed by atoms with Crippen LogP contribution >= 0.6 is 11.3 Å². The number of hydrogen-bond acceptors (Lipinski definition) is 4. The van der Waals surface area contributed by atoms with Crippen molar-refractivity contribution in [1.82, 2.24) is 19.5 Å². The summed E-state index contributed by atoms with van der Waals surface area (Å²) in [5, 5.41) is 7.31. The van der Waals surface area contributed by atoms with Gasteiger partial charge in [0, 0.05) is 53.0 Å². The van der Waals surface area contributed by atoms with E-state index in [0.717, 1.165) is 22.1 Å². The van der Waals surface area contributed by atoms with Crippen LogP contribution in [0.15, 0.2) is 182 Å². The Balaban J connectivity index is 1.10. The molecule has 8 aromatic carbocycles. The van der Waals surface area contributed by atoms with Crippen molar-refractivity contribution in [3.8, 4) is 51.0 Å². The number of benzene rings is 8. The molecule has 0 aliphatic heterocycles. The number of fused-ring (bicyclic) bond motifs is 7. The van der Waals surface area contributed by atoms with Gasteiger partial charge in [0.05, 0.1) is 16.7 Å². The third kappa shape index (κ3) is 4.94. The van der Waals surface area contributed by atoms with Crippen LogP contribution in [0.5, 0.6) is 0 Å². The summed E-state index contributed by atoms with van der Waals surface area (Å²) in [4.78, 5) is 15.2.